The highest BCUT2D eigenvalue weighted by atomic mass is 35.5. The molecule has 21 heavy (non-hydrogen) atoms. The van der Waals surface area contributed by atoms with Crippen LogP contribution in [0.25, 0.3) is 0 Å². The number of carbonyl (C=O) groups is 1. The van der Waals surface area contributed by atoms with Gasteiger partial charge in [0, 0.05) is 19.6 Å². The van der Waals surface area contributed by atoms with E-state index < -0.39 is 0 Å². The van der Waals surface area contributed by atoms with Crippen LogP contribution in [0, 0.1) is 5.92 Å². The van der Waals surface area contributed by atoms with Gasteiger partial charge in [-0.25, -0.2) is 0 Å². The number of halogens is 1. The summed E-state index contributed by atoms with van der Waals surface area (Å²) < 4.78 is 5.43. The van der Waals surface area contributed by atoms with Crippen molar-refractivity contribution in [3.05, 3.63) is 35.9 Å². The summed E-state index contributed by atoms with van der Waals surface area (Å²) in [6.07, 6.45) is 0.818. The minimum Gasteiger partial charge on any atom is -0.367 e. The third-order valence-corrected chi connectivity index (χ3v) is 3.42. The fraction of sp³-hybridized carbons (Fsp3) is 0.562. The lowest BCUT2D eigenvalue weighted by Crippen LogP contribution is -2.36. The molecule has 0 aliphatic rings. The van der Waals surface area contributed by atoms with Gasteiger partial charge in [0.05, 0.1) is 6.61 Å². The predicted molar refractivity (Wildman–Crippen MR) is 88.4 cm³/mol. The SMILES string of the molecule is CC(C)C(N)CCN(C)C(=O)COCc1ccccc1.Cl. The molecule has 0 radical (unpaired) electrons. The average Bonchev–Trinajstić information content (AvgIpc) is 2.45. The van der Waals surface area contributed by atoms with Gasteiger partial charge in [-0.2, -0.15) is 0 Å². The van der Waals surface area contributed by atoms with Crippen molar-refractivity contribution in [2.24, 2.45) is 11.7 Å². The highest BCUT2D eigenvalue weighted by Gasteiger charge is 2.12. The first-order valence-electron chi connectivity index (χ1n) is 7.12. The Morgan fingerprint density at radius 3 is 2.48 bits per heavy atom. The van der Waals surface area contributed by atoms with E-state index >= 15 is 0 Å². The minimum atomic E-state index is -0.00288. The third kappa shape index (κ3) is 8.05. The van der Waals surface area contributed by atoms with E-state index in [4.69, 9.17) is 10.5 Å². The van der Waals surface area contributed by atoms with E-state index in [1.807, 2.05) is 30.3 Å². The van der Waals surface area contributed by atoms with Crippen molar-refractivity contribution in [1.29, 1.82) is 0 Å². The summed E-state index contributed by atoms with van der Waals surface area (Å²) in [4.78, 5) is 13.6. The summed E-state index contributed by atoms with van der Waals surface area (Å²) in [6, 6.07) is 9.97. The maximum atomic E-state index is 11.9. The van der Waals surface area contributed by atoms with Gasteiger partial charge in [-0.05, 0) is 17.9 Å². The highest BCUT2D eigenvalue weighted by molar-refractivity contribution is 5.85. The number of benzene rings is 1. The fourth-order valence-corrected chi connectivity index (χ4v) is 1.74. The van der Waals surface area contributed by atoms with Crippen LogP contribution in [-0.4, -0.2) is 37.0 Å². The van der Waals surface area contributed by atoms with Gasteiger partial charge in [-0.1, -0.05) is 44.2 Å². The number of nitrogens with zero attached hydrogens (tertiary/aromatic N) is 1. The first kappa shape index (κ1) is 19.9. The summed E-state index contributed by atoms with van der Waals surface area (Å²) >= 11 is 0. The molecule has 0 saturated carbocycles. The summed E-state index contributed by atoms with van der Waals surface area (Å²) in [6.45, 7) is 5.44. The molecule has 1 aromatic rings. The van der Waals surface area contributed by atoms with Crippen molar-refractivity contribution < 1.29 is 9.53 Å². The van der Waals surface area contributed by atoms with Crippen molar-refractivity contribution in [2.45, 2.75) is 32.9 Å². The molecular weight excluding hydrogens is 288 g/mol. The van der Waals surface area contributed by atoms with E-state index in [0.29, 0.717) is 19.1 Å². The normalized spacial score (nSPS) is 11.9. The molecule has 5 heteroatoms. The van der Waals surface area contributed by atoms with Crippen LogP contribution in [0.3, 0.4) is 0 Å². The minimum absolute atomic E-state index is 0. The van der Waals surface area contributed by atoms with Gasteiger partial charge in [0.25, 0.3) is 0 Å². The molecule has 1 unspecified atom stereocenters. The molecule has 1 amide bonds. The van der Waals surface area contributed by atoms with Crippen molar-refractivity contribution in [3.63, 3.8) is 0 Å². The molecule has 2 N–H and O–H groups in total. The van der Waals surface area contributed by atoms with E-state index in [2.05, 4.69) is 13.8 Å². The molecule has 0 aliphatic heterocycles. The van der Waals surface area contributed by atoms with Gasteiger partial charge in [0.2, 0.25) is 5.91 Å². The Morgan fingerprint density at radius 1 is 1.29 bits per heavy atom. The first-order chi connectivity index (χ1) is 9.50. The van der Waals surface area contributed by atoms with Gasteiger partial charge in [0.15, 0.2) is 0 Å². The summed E-state index contributed by atoms with van der Waals surface area (Å²) in [5.41, 5.74) is 7.05. The van der Waals surface area contributed by atoms with E-state index in [1.54, 1.807) is 11.9 Å². The molecular formula is C16H27ClN2O2. The van der Waals surface area contributed by atoms with E-state index in [9.17, 15) is 4.79 Å². The van der Waals surface area contributed by atoms with Crippen LogP contribution in [0.4, 0.5) is 0 Å². The molecule has 0 heterocycles. The monoisotopic (exact) mass is 314 g/mol. The number of hydrogen-bond donors (Lipinski definition) is 1. The molecule has 1 atom stereocenters. The Kier molecular flexibility index (Phi) is 10.0. The molecule has 0 fully saturated rings. The van der Waals surface area contributed by atoms with Crippen LogP contribution in [0.5, 0.6) is 0 Å². The Balaban J connectivity index is 0.00000400. The second-order valence-electron chi connectivity index (χ2n) is 5.49. The molecule has 1 aromatic carbocycles. The zero-order valence-corrected chi connectivity index (χ0v) is 13.9. The predicted octanol–water partition coefficient (Wildman–Crippen LogP) is 2.46. The lowest BCUT2D eigenvalue weighted by molar-refractivity contribution is -0.135. The molecule has 0 aromatic heterocycles. The van der Waals surface area contributed by atoms with Crippen molar-refractivity contribution in [3.8, 4) is 0 Å². The van der Waals surface area contributed by atoms with E-state index in [-0.39, 0.29) is 31.0 Å². The number of hydrogen-bond acceptors (Lipinski definition) is 3. The number of carbonyl (C=O) groups excluding carboxylic acids is 1. The zero-order valence-electron chi connectivity index (χ0n) is 13.1. The summed E-state index contributed by atoms with van der Waals surface area (Å²) in [5, 5.41) is 0. The maximum Gasteiger partial charge on any atom is 0.248 e. The van der Waals surface area contributed by atoms with Crippen LogP contribution in [0.1, 0.15) is 25.8 Å². The van der Waals surface area contributed by atoms with E-state index in [1.165, 1.54) is 0 Å². The lowest BCUT2D eigenvalue weighted by atomic mass is 10.0. The second-order valence-corrected chi connectivity index (χ2v) is 5.49. The highest BCUT2D eigenvalue weighted by Crippen LogP contribution is 2.04. The second kappa shape index (κ2) is 10.6. The first-order valence-corrected chi connectivity index (χ1v) is 7.12. The molecule has 0 aliphatic carbocycles. The lowest BCUT2D eigenvalue weighted by Gasteiger charge is -2.21. The van der Waals surface area contributed by atoms with Crippen LogP contribution < -0.4 is 5.73 Å². The van der Waals surface area contributed by atoms with Gasteiger partial charge in [0.1, 0.15) is 6.61 Å². The average molecular weight is 315 g/mol. The molecule has 4 nitrogen and oxygen atoms in total. The molecule has 0 spiro atoms. The van der Waals surface area contributed by atoms with Crippen LogP contribution >= 0.6 is 12.4 Å². The Bertz CT molecular complexity index is 399. The molecule has 120 valence electrons. The number of ether oxygens (including phenoxy) is 1. The van der Waals surface area contributed by atoms with Crippen LogP contribution in [-0.2, 0) is 16.1 Å². The van der Waals surface area contributed by atoms with Gasteiger partial charge in [-0.15, -0.1) is 12.4 Å². The smallest absolute Gasteiger partial charge is 0.248 e. The van der Waals surface area contributed by atoms with Crippen molar-refractivity contribution >= 4 is 18.3 Å². The number of rotatable bonds is 8. The third-order valence-electron chi connectivity index (χ3n) is 3.42. The summed E-state index contributed by atoms with van der Waals surface area (Å²) in [5.74, 6) is 0.435. The van der Waals surface area contributed by atoms with Crippen LogP contribution in [0.2, 0.25) is 0 Å². The zero-order chi connectivity index (χ0) is 15.0. The molecule has 1 rings (SSSR count). The summed E-state index contributed by atoms with van der Waals surface area (Å²) in [7, 11) is 1.79. The quantitative estimate of drug-likeness (QED) is 0.802. The maximum absolute atomic E-state index is 11.9. The van der Waals surface area contributed by atoms with Gasteiger partial charge in [-0.3, -0.25) is 4.79 Å². The largest absolute Gasteiger partial charge is 0.367 e. The molecule has 0 bridgehead atoms. The Labute approximate surface area is 134 Å². The van der Waals surface area contributed by atoms with Gasteiger partial charge < -0.3 is 15.4 Å². The van der Waals surface area contributed by atoms with Crippen LogP contribution in [0.15, 0.2) is 30.3 Å². The van der Waals surface area contributed by atoms with Gasteiger partial charge >= 0.3 is 0 Å². The Morgan fingerprint density at radius 2 is 1.90 bits per heavy atom. The van der Waals surface area contributed by atoms with E-state index in [0.717, 1.165) is 12.0 Å². The molecule has 0 saturated heterocycles. The van der Waals surface area contributed by atoms with Crippen molar-refractivity contribution in [1.82, 2.24) is 4.90 Å². The Hall–Kier alpha value is -1.10. The standard InChI is InChI=1S/C16H26N2O2.ClH/c1-13(2)15(17)9-10-18(3)16(19)12-20-11-14-7-5-4-6-8-14;/h4-8,13,15H,9-12,17H2,1-3H3;1H. The topological polar surface area (TPSA) is 55.6 Å². The number of likely N-dealkylation sites (N-methyl/N-ethyl adjacent to an activating group) is 1. The fourth-order valence-electron chi connectivity index (χ4n) is 1.74. The van der Waals surface area contributed by atoms with Crippen molar-refractivity contribution in [2.75, 3.05) is 20.2 Å². The number of amides is 1. The number of nitrogens with two attached hydrogens (primary N) is 1.